The maximum Gasteiger partial charge on any atom is 0.229 e. The average Bonchev–Trinajstić information content (AvgIpc) is 3.10. The number of anilines is 3. The van der Waals surface area contributed by atoms with E-state index in [9.17, 15) is 14.0 Å². The molecule has 0 bridgehead atoms. The van der Waals surface area contributed by atoms with Crippen molar-refractivity contribution in [2.45, 2.75) is 6.42 Å². The van der Waals surface area contributed by atoms with Gasteiger partial charge in [-0.25, -0.2) is 4.39 Å². The lowest BCUT2D eigenvalue weighted by molar-refractivity contribution is -0.122. The van der Waals surface area contributed by atoms with Crippen LogP contribution in [0.1, 0.15) is 6.42 Å². The van der Waals surface area contributed by atoms with Gasteiger partial charge in [0, 0.05) is 31.7 Å². The van der Waals surface area contributed by atoms with Gasteiger partial charge >= 0.3 is 0 Å². The van der Waals surface area contributed by atoms with E-state index < -0.39 is 11.7 Å². The first-order valence-corrected chi connectivity index (χ1v) is 9.40. The highest BCUT2D eigenvalue weighted by Crippen LogP contribution is 2.34. The summed E-state index contributed by atoms with van der Waals surface area (Å²) < 4.78 is 18.8. The lowest BCUT2D eigenvalue weighted by atomic mass is 10.1. The molecule has 2 aromatic carbocycles. The Hall–Kier alpha value is -2.93. The molecule has 2 amide bonds. The third kappa shape index (κ3) is 3.84. The van der Waals surface area contributed by atoms with Gasteiger partial charge in [0.05, 0.1) is 30.5 Å². The molecule has 1 N–H and O–H groups in total. The summed E-state index contributed by atoms with van der Waals surface area (Å²) in [7, 11) is 0. The molecule has 2 aliphatic heterocycles. The number of hydrogen-bond acceptors (Lipinski definition) is 4. The van der Waals surface area contributed by atoms with Crippen LogP contribution in [0.4, 0.5) is 21.5 Å². The Bertz CT molecular complexity index is 883. The summed E-state index contributed by atoms with van der Waals surface area (Å²) in [4.78, 5) is 29.2. The summed E-state index contributed by atoms with van der Waals surface area (Å²) in [5.74, 6) is -1.25. The first-order chi connectivity index (χ1) is 13.6. The van der Waals surface area contributed by atoms with Crippen molar-refractivity contribution in [3.63, 3.8) is 0 Å². The first kappa shape index (κ1) is 18.4. The summed E-state index contributed by atoms with van der Waals surface area (Å²) in [6, 6.07) is 13.5. The zero-order valence-electron chi connectivity index (χ0n) is 15.4. The molecule has 1 unspecified atom stereocenters. The first-order valence-electron chi connectivity index (χ1n) is 9.40. The van der Waals surface area contributed by atoms with Crippen LogP contribution in [0.2, 0.25) is 0 Å². The molecule has 0 radical (unpaired) electrons. The van der Waals surface area contributed by atoms with Gasteiger partial charge in [-0.3, -0.25) is 9.59 Å². The number of hydrogen-bond donors (Lipinski definition) is 1. The van der Waals surface area contributed by atoms with Crippen molar-refractivity contribution in [2.24, 2.45) is 5.92 Å². The van der Waals surface area contributed by atoms with E-state index in [2.05, 4.69) is 10.2 Å². The molecule has 2 fully saturated rings. The van der Waals surface area contributed by atoms with Crippen molar-refractivity contribution >= 4 is 28.9 Å². The number of carbonyl (C=O) groups is 2. The van der Waals surface area contributed by atoms with E-state index in [-0.39, 0.29) is 18.2 Å². The lowest BCUT2D eigenvalue weighted by Crippen LogP contribution is -2.38. The molecule has 4 rings (SSSR count). The molecular weight excluding hydrogens is 361 g/mol. The van der Waals surface area contributed by atoms with Gasteiger partial charge in [-0.2, -0.15) is 0 Å². The van der Waals surface area contributed by atoms with Crippen LogP contribution in [0.5, 0.6) is 0 Å². The third-order valence-electron chi connectivity index (χ3n) is 5.11. The quantitative estimate of drug-likeness (QED) is 0.882. The highest BCUT2D eigenvalue weighted by atomic mass is 19.1. The number of rotatable bonds is 4. The predicted octanol–water partition coefficient (Wildman–Crippen LogP) is 2.65. The largest absolute Gasteiger partial charge is 0.378 e. The van der Waals surface area contributed by atoms with Crippen LogP contribution >= 0.6 is 0 Å². The zero-order chi connectivity index (χ0) is 19.5. The highest BCUT2D eigenvalue weighted by molar-refractivity contribution is 6.05. The van der Waals surface area contributed by atoms with E-state index in [0.29, 0.717) is 25.4 Å². The highest BCUT2D eigenvalue weighted by Gasteiger charge is 2.36. The average molecular weight is 383 g/mol. The van der Waals surface area contributed by atoms with Crippen LogP contribution in [0.15, 0.2) is 48.5 Å². The maximum atomic E-state index is 13.3. The van der Waals surface area contributed by atoms with Crippen LogP contribution in [0, 0.1) is 11.7 Å². The molecule has 2 aliphatic rings. The fourth-order valence-electron chi connectivity index (χ4n) is 3.69. The molecule has 2 aromatic rings. The molecule has 0 saturated carbocycles. The fourth-order valence-corrected chi connectivity index (χ4v) is 3.69. The van der Waals surface area contributed by atoms with Gasteiger partial charge in [0.2, 0.25) is 11.8 Å². The van der Waals surface area contributed by atoms with E-state index in [4.69, 9.17) is 4.74 Å². The molecule has 0 aliphatic carbocycles. The number of benzene rings is 2. The Morgan fingerprint density at radius 2 is 1.82 bits per heavy atom. The molecule has 28 heavy (non-hydrogen) atoms. The Balaban J connectivity index is 1.50. The van der Waals surface area contributed by atoms with E-state index in [1.807, 2.05) is 24.3 Å². The predicted molar refractivity (Wildman–Crippen MR) is 105 cm³/mol. The van der Waals surface area contributed by atoms with Gasteiger partial charge in [-0.05, 0) is 30.3 Å². The number of halogens is 1. The van der Waals surface area contributed by atoms with E-state index in [1.54, 1.807) is 11.0 Å². The molecule has 0 spiro atoms. The van der Waals surface area contributed by atoms with E-state index >= 15 is 0 Å². The summed E-state index contributed by atoms with van der Waals surface area (Å²) in [6.45, 7) is 3.15. The van der Waals surface area contributed by atoms with Gasteiger partial charge in [0.15, 0.2) is 0 Å². The normalized spacial score (nSPS) is 19.8. The molecular formula is C21H22FN3O3. The number of nitrogens with one attached hydrogen (secondary N) is 1. The number of carbonyl (C=O) groups excluding carboxylic acids is 2. The van der Waals surface area contributed by atoms with E-state index in [1.165, 1.54) is 18.2 Å². The molecule has 1 atom stereocenters. The Kier molecular flexibility index (Phi) is 5.25. The minimum atomic E-state index is -0.478. The van der Waals surface area contributed by atoms with Gasteiger partial charge in [-0.1, -0.05) is 18.2 Å². The Labute approximate surface area is 162 Å². The van der Waals surface area contributed by atoms with Crippen LogP contribution < -0.4 is 15.1 Å². The molecule has 6 nitrogen and oxygen atoms in total. The second kappa shape index (κ2) is 7.98. The summed E-state index contributed by atoms with van der Waals surface area (Å²) in [6.07, 6.45) is 0.137. The van der Waals surface area contributed by atoms with Crippen LogP contribution in [0.25, 0.3) is 0 Å². The van der Waals surface area contributed by atoms with Crippen molar-refractivity contribution < 1.29 is 18.7 Å². The second-order valence-corrected chi connectivity index (χ2v) is 6.99. The van der Waals surface area contributed by atoms with E-state index in [0.717, 1.165) is 24.5 Å². The Morgan fingerprint density at radius 3 is 2.57 bits per heavy atom. The van der Waals surface area contributed by atoms with Gasteiger partial charge in [0.1, 0.15) is 5.82 Å². The summed E-state index contributed by atoms with van der Waals surface area (Å²) in [5.41, 5.74) is 2.19. The van der Waals surface area contributed by atoms with Crippen LogP contribution in [-0.4, -0.2) is 44.7 Å². The van der Waals surface area contributed by atoms with Crippen molar-refractivity contribution in [3.8, 4) is 0 Å². The smallest absolute Gasteiger partial charge is 0.229 e. The van der Waals surface area contributed by atoms with Crippen LogP contribution in [-0.2, 0) is 14.3 Å². The standard InChI is InChI=1S/C21H22FN3O3/c22-16-4-3-5-17(13-16)23-21(27)15-12-20(26)25(14-15)19-7-2-1-6-18(19)24-8-10-28-11-9-24/h1-7,13,15H,8-12,14H2,(H,23,27). The SMILES string of the molecule is O=C(Nc1cccc(F)c1)C1CC(=O)N(c2ccccc2N2CCOCC2)C1. The molecule has 7 heteroatoms. The lowest BCUT2D eigenvalue weighted by Gasteiger charge is -2.32. The van der Waals surface area contributed by atoms with Crippen molar-refractivity contribution in [3.05, 3.63) is 54.3 Å². The minimum absolute atomic E-state index is 0.0832. The summed E-state index contributed by atoms with van der Waals surface area (Å²) in [5, 5.41) is 2.71. The van der Waals surface area contributed by atoms with Gasteiger partial charge in [-0.15, -0.1) is 0 Å². The number of nitrogens with zero attached hydrogens (tertiary/aromatic N) is 2. The monoisotopic (exact) mass is 383 g/mol. The fraction of sp³-hybridized carbons (Fsp3) is 0.333. The summed E-state index contributed by atoms with van der Waals surface area (Å²) >= 11 is 0. The minimum Gasteiger partial charge on any atom is -0.378 e. The molecule has 0 aromatic heterocycles. The second-order valence-electron chi connectivity index (χ2n) is 6.99. The van der Waals surface area contributed by atoms with Gasteiger partial charge in [0.25, 0.3) is 0 Å². The third-order valence-corrected chi connectivity index (χ3v) is 5.11. The van der Waals surface area contributed by atoms with Crippen molar-refractivity contribution in [1.82, 2.24) is 0 Å². The maximum absolute atomic E-state index is 13.3. The molecule has 2 saturated heterocycles. The molecule has 2 heterocycles. The number of para-hydroxylation sites is 2. The van der Waals surface area contributed by atoms with Crippen molar-refractivity contribution in [1.29, 1.82) is 0 Å². The zero-order valence-corrected chi connectivity index (χ0v) is 15.4. The van der Waals surface area contributed by atoms with Gasteiger partial charge < -0.3 is 19.9 Å². The van der Waals surface area contributed by atoms with Crippen molar-refractivity contribution in [2.75, 3.05) is 48.0 Å². The Morgan fingerprint density at radius 1 is 1.07 bits per heavy atom. The number of amides is 2. The van der Waals surface area contributed by atoms with Crippen LogP contribution in [0.3, 0.4) is 0 Å². The number of ether oxygens (including phenoxy) is 1. The molecule has 146 valence electrons. The number of morpholine rings is 1. The topological polar surface area (TPSA) is 61.9 Å².